The minimum absolute atomic E-state index is 0.0955. The van der Waals surface area contributed by atoms with Crippen molar-refractivity contribution in [2.24, 2.45) is 17.8 Å². The van der Waals surface area contributed by atoms with Gasteiger partial charge in [0.15, 0.2) is 0 Å². The summed E-state index contributed by atoms with van der Waals surface area (Å²) in [6.45, 7) is 5.90. The van der Waals surface area contributed by atoms with Crippen molar-refractivity contribution in [3.63, 3.8) is 0 Å². The Kier molecular flexibility index (Phi) is 8.25. The summed E-state index contributed by atoms with van der Waals surface area (Å²) in [7, 11) is 2.24. The van der Waals surface area contributed by atoms with E-state index in [2.05, 4.69) is 29.3 Å². The Hall–Kier alpha value is -1.27. The van der Waals surface area contributed by atoms with Gasteiger partial charge in [-0.3, -0.25) is 4.79 Å². The number of thioether (sulfide) groups is 1. The molecule has 2 aliphatic carbocycles. The molecular formula is C23H36N2O3S. The van der Waals surface area contributed by atoms with E-state index in [0.29, 0.717) is 6.47 Å². The SMILES string of the molecule is CC1(OC=O)CCC1.CSc1ccc(OCCC2CC2C2CCN(C)CC2)nc1. The number of aromatic nitrogens is 1. The van der Waals surface area contributed by atoms with Gasteiger partial charge in [0.25, 0.3) is 6.47 Å². The lowest BCUT2D eigenvalue weighted by atomic mass is 9.82. The molecule has 0 bridgehead atoms. The van der Waals surface area contributed by atoms with Crippen LogP contribution >= 0.6 is 11.8 Å². The lowest BCUT2D eigenvalue weighted by Crippen LogP contribution is -2.35. The summed E-state index contributed by atoms with van der Waals surface area (Å²) < 4.78 is 10.6. The van der Waals surface area contributed by atoms with Gasteiger partial charge < -0.3 is 14.4 Å². The standard InChI is InChI=1S/C17H26N2OS.C6H10O2/c1-19-8-5-13(6-9-19)16-11-14(16)7-10-20-17-4-3-15(21-2)12-18-17;1-6(8-5-7)3-2-4-6/h3-4,12-14,16H,5-11H2,1-2H3;5H,2-4H2,1H3. The van der Waals surface area contributed by atoms with Gasteiger partial charge in [-0.1, -0.05) is 0 Å². The predicted octanol–water partition coefficient (Wildman–Crippen LogP) is 4.65. The van der Waals surface area contributed by atoms with Crippen molar-refractivity contribution < 1.29 is 14.3 Å². The van der Waals surface area contributed by atoms with Crippen LogP contribution < -0.4 is 4.74 Å². The zero-order valence-corrected chi connectivity index (χ0v) is 19.0. The predicted molar refractivity (Wildman–Crippen MR) is 117 cm³/mol. The molecule has 162 valence electrons. The quantitative estimate of drug-likeness (QED) is 0.451. The van der Waals surface area contributed by atoms with Gasteiger partial charge in [-0.2, -0.15) is 0 Å². The maximum atomic E-state index is 9.79. The Bertz CT molecular complexity index is 628. The Morgan fingerprint density at radius 2 is 2.07 bits per heavy atom. The maximum absolute atomic E-state index is 9.79. The Labute approximate surface area is 179 Å². The lowest BCUT2D eigenvalue weighted by molar-refractivity contribution is -0.149. The molecule has 3 fully saturated rings. The number of carbonyl (C=O) groups is 1. The van der Waals surface area contributed by atoms with Crippen molar-refractivity contribution in [3.8, 4) is 5.88 Å². The van der Waals surface area contributed by atoms with Crippen LogP contribution in [0.4, 0.5) is 0 Å². The van der Waals surface area contributed by atoms with E-state index in [-0.39, 0.29) is 5.60 Å². The van der Waals surface area contributed by atoms with E-state index in [9.17, 15) is 4.79 Å². The number of likely N-dealkylation sites (tertiary alicyclic amines) is 1. The molecule has 0 amide bonds. The number of nitrogens with zero attached hydrogens (tertiary/aromatic N) is 2. The first-order chi connectivity index (χ1) is 14.0. The van der Waals surface area contributed by atoms with E-state index in [0.717, 1.165) is 43.1 Å². The second-order valence-electron chi connectivity index (χ2n) is 8.99. The fraction of sp³-hybridized carbons (Fsp3) is 0.739. The normalized spacial score (nSPS) is 25.9. The zero-order chi connectivity index (χ0) is 20.7. The van der Waals surface area contributed by atoms with Crippen molar-refractivity contribution >= 4 is 18.2 Å². The Morgan fingerprint density at radius 3 is 2.59 bits per heavy atom. The van der Waals surface area contributed by atoms with E-state index >= 15 is 0 Å². The smallest absolute Gasteiger partial charge is 0.293 e. The fourth-order valence-electron chi connectivity index (χ4n) is 4.43. The first-order valence-electron chi connectivity index (χ1n) is 11.0. The van der Waals surface area contributed by atoms with Gasteiger partial charge in [0, 0.05) is 17.2 Å². The molecule has 1 aliphatic heterocycles. The second-order valence-corrected chi connectivity index (χ2v) is 9.87. The summed E-state index contributed by atoms with van der Waals surface area (Å²) in [5.74, 6) is 3.63. The summed E-state index contributed by atoms with van der Waals surface area (Å²) in [6, 6.07) is 4.05. The van der Waals surface area contributed by atoms with Crippen LogP contribution in [-0.4, -0.2) is 55.0 Å². The van der Waals surface area contributed by atoms with Crippen molar-refractivity contribution in [2.45, 2.75) is 62.4 Å². The van der Waals surface area contributed by atoms with E-state index < -0.39 is 0 Å². The van der Waals surface area contributed by atoms with Crippen LogP contribution in [-0.2, 0) is 9.53 Å². The Morgan fingerprint density at radius 1 is 1.31 bits per heavy atom. The molecule has 1 aromatic heterocycles. The third-order valence-electron chi connectivity index (χ3n) is 6.77. The topological polar surface area (TPSA) is 51.7 Å². The maximum Gasteiger partial charge on any atom is 0.293 e. The van der Waals surface area contributed by atoms with Gasteiger partial charge in [-0.15, -0.1) is 11.8 Å². The van der Waals surface area contributed by atoms with E-state index in [4.69, 9.17) is 9.47 Å². The minimum Gasteiger partial charge on any atom is -0.478 e. The van der Waals surface area contributed by atoms with Crippen molar-refractivity contribution in [1.82, 2.24) is 9.88 Å². The molecule has 0 aromatic carbocycles. The molecule has 6 heteroatoms. The van der Waals surface area contributed by atoms with Crippen molar-refractivity contribution in [3.05, 3.63) is 18.3 Å². The van der Waals surface area contributed by atoms with Gasteiger partial charge in [0.1, 0.15) is 5.60 Å². The summed E-state index contributed by atoms with van der Waals surface area (Å²) in [4.78, 5) is 17.8. The molecule has 2 heterocycles. The number of hydrogen-bond donors (Lipinski definition) is 0. The van der Waals surface area contributed by atoms with Gasteiger partial charge in [-0.05, 0) is 102 Å². The molecule has 29 heavy (non-hydrogen) atoms. The molecular weight excluding hydrogens is 384 g/mol. The molecule has 3 aliphatic rings. The van der Waals surface area contributed by atoms with Crippen LogP contribution in [0, 0.1) is 17.8 Å². The van der Waals surface area contributed by atoms with Gasteiger partial charge in [0.2, 0.25) is 5.88 Å². The molecule has 0 N–H and O–H groups in total. The number of rotatable bonds is 8. The molecule has 0 spiro atoms. The number of piperidine rings is 1. The molecule has 1 aromatic rings. The second kappa shape index (κ2) is 10.7. The molecule has 5 nitrogen and oxygen atoms in total. The first kappa shape index (κ1) is 22.4. The lowest BCUT2D eigenvalue weighted by Gasteiger charge is -2.35. The molecule has 2 atom stereocenters. The highest BCUT2D eigenvalue weighted by atomic mass is 32.2. The van der Waals surface area contributed by atoms with Crippen LogP contribution in [0.15, 0.2) is 23.2 Å². The van der Waals surface area contributed by atoms with Gasteiger partial charge in [0.05, 0.1) is 6.61 Å². The van der Waals surface area contributed by atoms with Crippen LogP contribution in [0.25, 0.3) is 0 Å². The molecule has 2 saturated carbocycles. The third-order valence-corrected chi connectivity index (χ3v) is 7.49. The third kappa shape index (κ3) is 6.88. The van der Waals surface area contributed by atoms with Gasteiger partial charge in [-0.25, -0.2) is 4.98 Å². The highest BCUT2D eigenvalue weighted by Gasteiger charge is 2.42. The van der Waals surface area contributed by atoms with Crippen LogP contribution in [0.5, 0.6) is 5.88 Å². The number of carbonyl (C=O) groups excluding carboxylic acids is 1. The summed E-state index contributed by atoms with van der Waals surface area (Å²) in [5, 5.41) is 0. The highest BCUT2D eigenvalue weighted by molar-refractivity contribution is 7.98. The summed E-state index contributed by atoms with van der Waals surface area (Å²) >= 11 is 1.71. The van der Waals surface area contributed by atoms with Crippen LogP contribution in [0.2, 0.25) is 0 Å². The fourth-order valence-corrected chi connectivity index (χ4v) is 4.80. The van der Waals surface area contributed by atoms with Crippen LogP contribution in [0.1, 0.15) is 51.9 Å². The van der Waals surface area contributed by atoms with E-state index in [1.54, 1.807) is 11.8 Å². The molecule has 2 unspecified atom stereocenters. The first-order valence-corrected chi connectivity index (χ1v) is 12.2. The molecule has 1 saturated heterocycles. The monoisotopic (exact) mass is 420 g/mol. The average molecular weight is 421 g/mol. The minimum atomic E-state index is -0.0955. The molecule has 0 radical (unpaired) electrons. The van der Waals surface area contributed by atoms with E-state index in [1.807, 2.05) is 19.2 Å². The van der Waals surface area contributed by atoms with Crippen LogP contribution in [0.3, 0.4) is 0 Å². The zero-order valence-electron chi connectivity index (χ0n) is 18.1. The van der Waals surface area contributed by atoms with Crippen molar-refractivity contribution in [1.29, 1.82) is 0 Å². The number of hydrogen-bond acceptors (Lipinski definition) is 6. The Balaban J connectivity index is 0.000000252. The molecule has 4 rings (SSSR count). The highest BCUT2D eigenvalue weighted by Crippen LogP contribution is 2.49. The van der Waals surface area contributed by atoms with Gasteiger partial charge >= 0.3 is 0 Å². The summed E-state index contributed by atoms with van der Waals surface area (Å²) in [6.07, 6.45) is 12.6. The largest absolute Gasteiger partial charge is 0.478 e. The van der Waals surface area contributed by atoms with Crippen molar-refractivity contribution in [2.75, 3.05) is 33.0 Å². The van der Waals surface area contributed by atoms with E-state index in [1.165, 1.54) is 50.1 Å². The number of ether oxygens (including phenoxy) is 2. The average Bonchev–Trinajstić information content (AvgIpc) is 3.48. The summed E-state index contributed by atoms with van der Waals surface area (Å²) in [5.41, 5.74) is -0.0955. The number of pyridine rings is 1.